The fourth-order valence-electron chi connectivity index (χ4n) is 2.09. The number of nitrogens with one attached hydrogen (secondary N) is 1. The number of hydrogen-bond donors (Lipinski definition) is 1. The minimum absolute atomic E-state index is 0.184. The van der Waals surface area contributed by atoms with Crippen LogP contribution in [0, 0.1) is 5.92 Å². The summed E-state index contributed by atoms with van der Waals surface area (Å²) in [5.41, 5.74) is 1.24. The normalized spacial score (nSPS) is 20.5. The van der Waals surface area contributed by atoms with Crippen LogP contribution in [0.4, 0.5) is 0 Å². The highest BCUT2D eigenvalue weighted by Crippen LogP contribution is 2.23. The van der Waals surface area contributed by atoms with E-state index < -0.39 is 0 Å². The van der Waals surface area contributed by atoms with Gasteiger partial charge in [-0.05, 0) is 45.1 Å². The maximum atomic E-state index is 11.3. The summed E-state index contributed by atoms with van der Waals surface area (Å²) in [6, 6.07) is 0.622. The average Bonchev–Trinajstić information content (AvgIpc) is 2.28. The maximum absolute atomic E-state index is 11.3. The summed E-state index contributed by atoms with van der Waals surface area (Å²) in [6.07, 6.45) is 6.00. The molecule has 0 aromatic carbocycles. The van der Waals surface area contributed by atoms with Crippen molar-refractivity contribution >= 4 is 5.97 Å². The smallest absolute Gasteiger partial charge is 0.330 e. The number of carbonyl (C=O) groups is 1. The Bertz CT molecular complexity index is 261. The first-order chi connectivity index (χ1) is 8.11. The van der Waals surface area contributed by atoms with Gasteiger partial charge in [0.25, 0.3) is 0 Å². The van der Waals surface area contributed by atoms with Crippen molar-refractivity contribution in [2.24, 2.45) is 5.92 Å². The summed E-state index contributed by atoms with van der Waals surface area (Å²) in [5, 5.41) is 3.58. The van der Waals surface area contributed by atoms with E-state index in [1.807, 2.05) is 6.92 Å². The quantitative estimate of drug-likeness (QED) is 0.592. The van der Waals surface area contributed by atoms with Crippen LogP contribution in [0.3, 0.4) is 0 Å². The van der Waals surface area contributed by atoms with Gasteiger partial charge in [0.05, 0.1) is 6.61 Å². The molecule has 0 unspecified atom stereocenters. The fourth-order valence-corrected chi connectivity index (χ4v) is 2.09. The zero-order valence-electron chi connectivity index (χ0n) is 11.3. The average molecular weight is 239 g/mol. The molecule has 3 heteroatoms. The molecule has 98 valence electrons. The molecule has 1 aliphatic carbocycles. The standard InChI is InChI=1S/C14H25NO2/c1-4-17-14(16)9-12-5-7-13(8-6-12)15-10-11(2)3/h9,11,13,15H,4-8,10H2,1-3H3. The summed E-state index contributed by atoms with van der Waals surface area (Å²) in [6.45, 7) is 7.83. The predicted octanol–water partition coefficient (Wildman–Crippen LogP) is 2.66. The molecule has 0 aromatic heterocycles. The minimum Gasteiger partial charge on any atom is -0.463 e. The second kappa shape index (κ2) is 7.49. The van der Waals surface area contributed by atoms with Gasteiger partial charge in [-0.25, -0.2) is 4.79 Å². The van der Waals surface area contributed by atoms with Gasteiger partial charge < -0.3 is 10.1 Å². The lowest BCUT2D eigenvalue weighted by atomic mass is 9.90. The topological polar surface area (TPSA) is 38.3 Å². The van der Waals surface area contributed by atoms with Gasteiger partial charge in [-0.1, -0.05) is 19.4 Å². The molecule has 0 saturated heterocycles. The second-order valence-corrected chi connectivity index (χ2v) is 5.13. The van der Waals surface area contributed by atoms with Crippen molar-refractivity contribution in [3.05, 3.63) is 11.6 Å². The Labute approximate surface area is 105 Å². The van der Waals surface area contributed by atoms with Gasteiger partial charge in [-0.15, -0.1) is 0 Å². The van der Waals surface area contributed by atoms with E-state index in [1.165, 1.54) is 5.57 Å². The molecule has 1 aliphatic rings. The van der Waals surface area contributed by atoms with Gasteiger partial charge in [0.1, 0.15) is 0 Å². The molecule has 17 heavy (non-hydrogen) atoms. The molecule has 3 nitrogen and oxygen atoms in total. The first kappa shape index (κ1) is 14.2. The summed E-state index contributed by atoms with van der Waals surface area (Å²) >= 11 is 0. The molecule has 0 bridgehead atoms. The van der Waals surface area contributed by atoms with Crippen LogP contribution in [-0.4, -0.2) is 25.2 Å². The van der Waals surface area contributed by atoms with Gasteiger partial charge in [-0.2, -0.15) is 0 Å². The van der Waals surface area contributed by atoms with Gasteiger partial charge in [0.2, 0.25) is 0 Å². The van der Waals surface area contributed by atoms with Crippen LogP contribution in [0.5, 0.6) is 0 Å². The number of esters is 1. The third kappa shape index (κ3) is 5.87. The number of allylic oxidation sites excluding steroid dienone is 1. The fraction of sp³-hybridized carbons (Fsp3) is 0.786. The van der Waals surface area contributed by atoms with Crippen LogP contribution in [0.2, 0.25) is 0 Å². The van der Waals surface area contributed by atoms with Crippen LogP contribution < -0.4 is 5.32 Å². The summed E-state index contributed by atoms with van der Waals surface area (Å²) in [7, 11) is 0. The van der Waals surface area contributed by atoms with Crippen molar-refractivity contribution in [1.82, 2.24) is 5.32 Å². The lowest BCUT2D eigenvalue weighted by Crippen LogP contribution is -2.34. The Balaban J connectivity index is 2.27. The second-order valence-electron chi connectivity index (χ2n) is 5.13. The Kier molecular flexibility index (Phi) is 6.27. The van der Waals surface area contributed by atoms with E-state index in [-0.39, 0.29) is 5.97 Å². The summed E-state index contributed by atoms with van der Waals surface area (Å²) in [4.78, 5) is 11.3. The molecule has 0 radical (unpaired) electrons. The van der Waals surface area contributed by atoms with E-state index in [9.17, 15) is 4.79 Å². The van der Waals surface area contributed by atoms with Crippen molar-refractivity contribution in [3.8, 4) is 0 Å². The van der Waals surface area contributed by atoms with E-state index in [0.717, 1.165) is 32.2 Å². The molecule has 0 aromatic rings. The van der Waals surface area contributed by atoms with Crippen molar-refractivity contribution < 1.29 is 9.53 Å². The highest BCUT2D eigenvalue weighted by Gasteiger charge is 2.17. The monoisotopic (exact) mass is 239 g/mol. The van der Waals surface area contributed by atoms with Gasteiger partial charge >= 0.3 is 5.97 Å². The van der Waals surface area contributed by atoms with Crippen LogP contribution >= 0.6 is 0 Å². The molecular weight excluding hydrogens is 214 g/mol. The van der Waals surface area contributed by atoms with E-state index in [2.05, 4.69) is 19.2 Å². The molecule has 0 heterocycles. The summed E-state index contributed by atoms with van der Waals surface area (Å²) in [5.74, 6) is 0.516. The molecule has 0 aliphatic heterocycles. The largest absolute Gasteiger partial charge is 0.463 e. The van der Waals surface area contributed by atoms with Crippen molar-refractivity contribution in [3.63, 3.8) is 0 Å². The van der Waals surface area contributed by atoms with E-state index in [1.54, 1.807) is 6.08 Å². The first-order valence-electron chi connectivity index (χ1n) is 6.71. The summed E-state index contributed by atoms with van der Waals surface area (Å²) < 4.78 is 4.92. The molecule has 0 amide bonds. The van der Waals surface area contributed by atoms with Gasteiger partial charge in [0, 0.05) is 12.1 Å². The molecule has 1 N–H and O–H groups in total. The van der Waals surface area contributed by atoms with Crippen LogP contribution in [0.1, 0.15) is 46.5 Å². The number of ether oxygens (including phenoxy) is 1. The molecule has 1 fully saturated rings. The predicted molar refractivity (Wildman–Crippen MR) is 69.8 cm³/mol. The third-order valence-corrected chi connectivity index (χ3v) is 3.05. The van der Waals surface area contributed by atoms with Crippen LogP contribution in [0.25, 0.3) is 0 Å². The van der Waals surface area contributed by atoms with Crippen LogP contribution in [0.15, 0.2) is 11.6 Å². The Hall–Kier alpha value is -0.830. The maximum Gasteiger partial charge on any atom is 0.330 e. The zero-order valence-corrected chi connectivity index (χ0v) is 11.3. The highest BCUT2D eigenvalue weighted by atomic mass is 16.5. The van der Waals surface area contributed by atoms with E-state index >= 15 is 0 Å². The minimum atomic E-state index is -0.184. The van der Waals surface area contributed by atoms with Gasteiger partial charge in [0.15, 0.2) is 0 Å². The number of hydrogen-bond acceptors (Lipinski definition) is 3. The Morgan fingerprint density at radius 3 is 2.65 bits per heavy atom. The molecule has 0 spiro atoms. The van der Waals surface area contributed by atoms with E-state index in [4.69, 9.17) is 4.74 Å². The Morgan fingerprint density at radius 1 is 1.47 bits per heavy atom. The lowest BCUT2D eigenvalue weighted by Gasteiger charge is -2.25. The highest BCUT2D eigenvalue weighted by molar-refractivity contribution is 5.82. The van der Waals surface area contributed by atoms with Crippen molar-refractivity contribution in [2.45, 2.75) is 52.5 Å². The third-order valence-electron chi connectivity index (χ3n) is 3.05. The molecular formula is C14H25NO2. The zero-order chi connectivity index (χ0) is 12.7. The number of rotatable bonds is 5. The Morgan fingerprint density at radius 2 is 2.12 bits per heavy atom. The number of carbonyl (C=O) groups excluding carboxylic acids is 1. The van der Waals surface area contributed by atoms with Crippen LogP contribution in [-0.2, 0) is 9.53 Å². The van der Waals surface area contributed by atoms with E-state index in [0.29, 0.717) is 18.6 Å². The van der Waals surface area contributed by atoms with Gasteiger partial charge in [-0.3, -0.25) is 0 Å². The molecule has 0 atom stereocenters. The van der Waals surface area contributed by atoms with Crippen molar-refractivity contribution in [1.29, 1.82) is 0 Å². The molecule has 1 rings (SSSR count). The first-order valence-corrected chi connectivity index (χ1v) is 6.71. The van der Waals surface area contributed by atoms with Crippen molar-refractivity contribution in [2.75, 3.05) is 13.2 Å². The lowest BCUT2D eigenvalue weighted by molar-refractivity contribution is -0.137. The molecule has 1 saturated carbocycles. The SMILES string of the molecule is CCOC(=O)C=C1CCC(NCC(C)C)CC1.